The van der Waals surface area contributed by atoms with Crippen molar-refractivity contribution in [3.05, 3.63) is 41.6 Å². The van der Waals surface area contributed by atoms with E-state index in [4.69, 9.17) is 15.0 Å². The fourth-order valence-electron chi connectivity index (χ4n) is 3.59. The molecule has 0 aliphatic carbocycles. The van der Waals surface area contributed by atoms with Crippen molar-refractivity contribution < 1.29 is 4.74 Å². The Balaban J connectivity index is 1.42. The Hall–Kier alpha value is -2.85. The van der Waals surface area contributed by atoms with Gasteiger partial charge in [0.15, 0.2) is 0 Å². The van der Waals surface area contributed by atoms with E-state index in [0.717, 1.165) is 75.4 Å². The summed E-state index contributed by atoms with van der Waals surface area (Å²) in [5.41, 5.74) is 2.94. The van der Waals surface area contributed by atoms with Gasteiger partial charge < -0.3 is 19.4 Å². The number of nitriles is 1. The van der Waals surface area contributed by atoms with E-state index >= 15 is 0 Å². The van der Waals surface area contributed by atoms with Crippen molar-refractivity contribution in [3.8, 4) is 6.07 Å². The van der Waals surface area contributed by atoms with Crippen LogP contribution in [0.5, 0.6) is 0 Å². The number of benzene rings is 1. The number of aryl methyl sites for hydroxylation is 1. The van der Waals surface area contributed by atoms with Crippen LogP contribution in [0, 0.1) is 18.3 Å². The molecule has 7 nitrogen and oxygen atoms in total. The van der Waals surface area contributed by atoms with E-state index < -0.39 is 0 Å². The highest BCUT2D eigenvalue weighted by Crippen LogP contribution is 2.22. The molecule has 2 aliphatic rings. The molecule has 0 amide bonds. The predicted molar refractivity (Wildman–Crippen MR) is 105 cm³/mol. The Bertz CT molecular complexity index is 835. The molecule has 27 heavy (non-hydrogen) atoms. The second kappa shape index (κ2) is 7.80. The summed E-state index contributed by atoms with van der Waals surface area (Å²) >= 11 is 0. The molecule has 140 valence electrons. The molecule has 0 unspecified atom stereocenters. The summed E-state index contributed by atoms with van der Waals surface area (Å²) < 4.78 is 5.43. The van der Waals surface area contributed by atoms with Gasteiger partial charge in [0.05, 0.1) is 24.8 Å². The lowest BCUT2D eigenvalue weighted by Gasteiger charge is -2.36. The van der Waals surface area contributed by atoms with Gasteiger partial charge in [-0.25, -0.2) is 4.98 Å². The van der Waals surface area contributed by atoms with Gasteiger partial charge in [0.1, 0.15) is 5.82 Å². The van der Waals surface area contributed by atoms with E-state index in [9.17, 15) is 0 Å². The topological polar surface area (TPSA) is 68.5 Å². The molecule has 1 aromatic carbocycles. The number of piperazine rings is 1. The van der Waals surface area contributed by atoms with Crippen LogP contribution in [0.1, 0.15) is 11.1 Å². The van der Waals surface area contributed by atoms with Gasteiger partial charge in [-0.2, -0.15) is 10.2 Å². The van der Waals surface area contributed by atoms with E-state index in [2.05, 4.69) is 31.8 Å². The lowest BCUT2D eigenvalue weighted by molar-refractivity contribution is 0.122. The zero-order chi connectivity index (χ0) is 18.6. The smallest absolute Gasteiger partial charge is 0.227 e. The molecule has 2 aliphatic heterocycles. The van der Waals surface area contributed by atoms with E-state index in [1.807, 2.05) is 31.3 Å². The maximum atomic E-state index is 9.10. The van der Waals surface area contributed by atoms with Crippen LogP contribution in [0.25, 0.3) is 0 Å². The summed E-state index contributed by atoms with van der Waals surface area (Å²) in [6.45, 7) is 8.84. The first-order valence-electron chi connectivity index (χ1n) is 9.41. The third kappa shape index (κ3) is 3.81. The normalized spacial score (nSPS) is 17.7. The number of hydrogen-bond donors (Lipinski definition) is 0. The highest BCUT2D eigenvalue weighted by Gasteiger charge is 2.21. The van der Waals surface area contributed by atoms with Crippen molar-refractivity contribution in [2.24, 2.45) is 0 Å². The minimum Gasteiger partial charge on any atom is -0.378 e. The monoisotopic (exact) mass is 364 g/mol. The summed E-state index contributed by atoms with van der Waals surface area (Å²) in [5, 5.41) is 9.10. The summed E-state index contributed by atoms with van der Waals surface area (Å²) in [7, 11) is 0. The number of anilines is 3. The van der Waals surface area contributed by atoms with Gasteiger partial charge in [-0.1, -0.05) is 0 Å². The molecular formula is C20H24N6O. The summed E-state index contributed by atoms with van der Waals surface area (Å²) in [6.07, 6.45) is 1.85. The molecule has 0 radical (unpaired) electrons. The van der Waals surface area contributed by atoms with Crippen LogP contribution in [0.15, 0.2) is 30.5 Å². The van der Waals surface area contributed by atoms with E-state index in [-0.39, 0.29) is 0 Å². The highest BCUT2D eigenvalue weighted by atomic mass is 16.5. The molecule has 2 aromatic rings. The van der Waals surface area contributed by atoms with Gasteiger partial charge in [0.25, 0.3) is 0 Å². The Kier molecular flexibility index (Phi) is 5.07. The first-order chi connectivity index (χ1) is 13.2. The Morgan fingerprint density at radius 1 is 0.963 bits per heavy atom. The van der Waals surface area contributed by atoms with Gasteiger partial charge in [0.2, 0.25) is 5.95 Å². The average molecular weight is 364 g/mol. The van der Waals surface area contributed by atoms with Crippen molar-refractivity contribution >= 4 is 17.5 Å². The molecule has 0 saturated carbocycles. The van der Waals surface area contributed by atoms with Crippen LogP contribution >= 0.6 is 0 Å². The molecule has 7 heteroatoms. The van der Waals surface area contributed by atoms with Gasteiger partial charge >= 0.3 is 0 Å². The molecular weight excluding hydrogens is 340 g/mol. The second-order valence-corrected chi connectivity index (χ2v) is 6.90. The third-order valence-corrected chi connectivity index (χ3v) is 5.22. The SMILES string of the molecule is Cc1cc(N2CCN(c3nccc(N4CCOCC4)n3)CC2)ccc1C#N. The zero-order valence-electron chi connectivity index (χ0n) is 15.6. The van der Waals surface area contributed by atoms with E-state index in [1.54, 1.807) is 0 Å². The molecule has 2 fully saturated rings. The van der Waals surface area contributed by atoms with Crippen LogP contribution < -0.4 is 14.7 Å². The largest absolute Gasteiger partial charge is 0.378 e. The number of morpholine rings is 1. The lowest BCUT2D eigenvalue weighted by Crippen LogP contribution is -2.47. The molecule has 0 bridgehead atoms. The molecule has 2 saturated heterocycles. The second-order valence-electron chi connectivity index (χ2n) is 6.90. The zero-order valence-corrected chi connectivity index (χ0v) is 15.6. The number of rotatable bonds is 3. The number of ether oxygens (including phenoxy) is 1. The predicted octanol–water partition coefficient (Wildman–Crippen LogP) is 1.82. The van der Waals surface area contributed by atoms with Crippen LogP contribution in [0.4, 0.5) is 17.5 Å². The number of hydrogen-bond acceptors (Lipinski definition) is 7. The van der Waals surface area contributed by atoms with Crippen LogP contribution in [-0.4, -0.2) is 62.5 Å². The van der Waals surface area contributed by atoms with Gasteiger partial charge in [-0.05, 0) is 36.8 Å². The lowest BCUT2D eigenvalue weighted by atomic mass is 10.1. The van der Waals surface area contributed by atoms with Gasteiger partial charge in [-0.15, -0.1) is 0 Å². The van der Waals surface area contributed by atoms with Crippen LogP contribution in [0.3, 0.4) is 0 Å². The van der Waals surface area contributed by atoms with E-state index in [1.165, 1.54) is 5.69 Å². The molecule has 4 rings (SSSR count). The van der Waals surface area contributed by atoms with Crippen LogP contribution in [0.2, 0.25) is 0 Å². The van der Waals surface area contributed by atoms with Gasteiger partial charge in [-0.3, -0.25) is 0 Å². The van der Waals surface area contributed by atoms with Crippen molar-refractivity contribution in [2.45, 2.75) is 6.92 Å². The molecule has 0 N–H and O–H groups in total. The summed E-state index contributed by atoms with van der Waals surface area (Å²) in [5.74, 6) is 1.78. The molecule has 1 aromatic heterocycles. The minimum absolute atomic E-state index is 0.741. The molecule has 0 atom stereocenters. The Labute approximate surface area is 159 Å². The standard InChI is InChI=1S/C20H24N6O/c1-16-14-18(3-2-17(16)15-21)24-6-8-26(9-7-24)20-22-5-4-19(23-20)25-10-12-27-13-11-25/h2-5,14H,6-13H2,1H3. The number of nitrogens with zero attached hydrogens (tertiary/aromatic N) is 6. The van der Waals surface area contributed by atoms with Crippen LogP contribution in [-0.2, 0) is 4.74 Å². The third-order valence-electron chi connectivity index (χ3n) is 5.22. The first kappa shape index (κ1) is 17.6. The van der Waals surface area contributed by atoms with Crippen molar-refractivity contribution in [1.82, 2.24) is 9.97 Å². The van der Waals surface area contributed by atoms with Gasteiger partial charge in [0, 0.05) is 51.2 Å². The van der Waals surface area contributed by atoms with Crippen molar-refractivity contribution in [2.75, 3.05) is 67.2 Å². The maximum absolute atomic E-state index is 9.10. The number of aromatic nitrogens is 2. The fourth-order valence-corrected chi connectivity index (χ4v) is 3.59. The average Bonchev–Trinajstić information content (AvgIpc) is 2.74. The fraction of sp³-hybridized carbons (Fsp3) is 0.450. The highest BCUT2D eigenvalue weighted by molar-refractivity contribution is 5.55. The van der Waals surface area contributed by atoms with Crippen molar-refractivity contribution in [3.63, 3.8) is 0 Å². The van der Waals surface area contributed by atoms with E-state index in [0.29, 0.717) is 0 Å². The Morgan fingerprint density at radius 3 is 2.41 bits per heavy atom. The molecule has 3 heterocycles. The summed E-state index contributed by atoms with van der Waals surface area (Å²) in [4.78, 5) is 16.1. The summed E-state index contributed by atoms with van der Waals surface area (Å²) in [6, 6.07) is 10.3. The molecule has 0 spiro atoms. The van der Waals surface area contributed by atoms with Crippen molar-refractivity contribution in [1.29, 1.82) is 5.26 Å². The quantitative estimate of drug-likeness (QED) is 0.823. The Morgan fingerprint density at radius 2 is 1.70 bits per heavy atom. The first-order valence-corrected chi connectivity index (χ1v) is 9.41. The maximum Gasteiger partial charge on any atom is 0.227 e. The minimum atomic E-state index is 0.741.